The second-order valence-electron chi connectivity index (χ2n) is 6.01. The first-order valence-corrected chi connectivity index (χ1v) is 7.51. The van der Waals surface area contributed by atoms with E-state index in [2.05, 4.69) is 68.5 Å². The van der Waals surface area contributed by atoms with Crippen LogP contribution in [0.25, 0.3) is 0 Å². The summed E-state index contributed by atoms with van der Waals surface area (Å²) in [5.74, 6) is 0.691. The summed E-state index contributed by atoms with van der Waals surface area (Å²) in [6.45, 7) is 6.84. The van der Waals surface area contributed by atoms with Crippen molar-refractivity contribution in [1.82, 2.24) is 10.2 Å². The summed E-state index contributed by atoms with van der Waals surface area (Å²) in [6, 6.07) is 11.4. The molecular formula is C17H30N2. The largest absolute Gasteiger partial charge is 0.312 e. The lowest BCUT2D eigenvalue weighted by Gasteiger charge is -2.25. The summed E-state index contributed by atoms with van der Waals surface area (Å²) in [5.41, 5.74) is 1.45. The number of rotatable bonds is 9. The number of unbranched alkanes of at least 4 members (excludes halogenated alkanes) is 1. The molecule has 1 atom stereocenters. The maximum absolute atomic E-state index is 3.70. The number of aryl methyl sites for hydroxylation is 1. The summed E-state index contributed by atoms with van der Waals surface area (Å²) in [4.78, 5) is 2.27. The lowest BCUT2D eigenvalue weighted by atomic mass is 10.0. The van der Waals surface area contributed by atoms with Gasteiger partial charge in [0.05, 0.1) is 0 Å². The van der Waals surface area contributed by atoms with E-state index in [1.165, 1.54) is 24.8 Å². The van der Waals surface area contributed by atoms with Gasteiger partial charge in [-0.1, -0.05) is 44.2 Å². The first-order chi connectivity index (χ1) is 9.09. The normalized spacial score (nSPS) is 13.2. The molecule has 0 radical (unpaired) electrons. The maximum atomic E-state index is 3.70. The van der Waals surface area contributed by atoms with Gasteiger partial charge in [-0.3, -0.25) is 0 Å². The molecule has 0 saturated heterocycles. The molecule has 0 fully saturated rings. The van der Waals surface area contributed by atoms with Crippen LogP contribution in [0.1, 0.15) is 32.3 Å². The number of nitrogens with one attached hydrogen (secondary N) is 1. The number of hydrogen-bond acceptors (Lipinski definition) is 2. The summed E-state index contributed by atoms with van der Waals surface area (Å²) in [6.07, 6.45) is 3.72. The third kappa shape index (κ3) is 7.34. The van der Waals surface area contributed by atoms with Gasteiger partial charge in [0.25, 0.3) is 0 Å². The van der Waals surface area contributed by atoms with E-state index >= 15 is 0 Å². The molecular weight excluding hydrogens is 232 g/mol. The van der Waals surface area contributed by atoms with E-state index in [0.717, 1.165) is 13.1 Å². The fourth-order valence-corrected chi connectivity index (χ4v) is 2.29. The molecule has 1 N–H and O–H groups in total. The second kappa shape index (κ2) is 9.11. The lowest BCUT2D eigenvalue weighted by molar-refractivity contribution is 0.288. The van der Waals surface area contributed by atoms with Crippen LogP contribution in [0.2, 0.25) is 0 Å². The van der Waals surface area contributed by atoms with E-state index in [-0.39, 0.29) is 0 Å². The minimum absolute atomic E-state index is 0.603. The van der Waals surface area contributed by atoms with Crippen molar-refractivity contribution >= 4 is 0 Å². The zero-order valence-corrected chi connectivity index (χ0v) is 13.0. The SMILES string of the molecule is CC(C)C(CN(C)C)NCCCCc1ccccc1. The smallest absolute Gasteiger partial charge is 0.0217 e. The van der Waals surface area contributed by atoms with Gasteiger partial charge in [-0.2, -0.15) is 0 Å². The van der Waals surface area contributed by atoms with Crippen molar-refractivity contribution in [2.75, 3.05) is 27.2 Å². The number of nitrogens with zero attached hydrogens (tertiary/aromatic N) is 1. The van der Waals surface area contributed by atoms with E-state index in [1.54, 1.807) is 0 Å². The highest BCUT2D eigenvalue weighted by molar-refractivity contribution is 5.14. The summed E-state index contributed by atoms with van der Waals surface area (Å²) in [7, 11) is 4.29. The zero-order chi connectivity index (χ0) is 14.1. The van der Waals surface area contributed by atoms with Gasteiger partial charge in [0.15, 0.2) is 0 Å². The van der Waals surface area contributed by atoms with Crippen molar-refractivity contribution in [2.24, 2.45) is 5.92 Å². The van der Waals surface area contributed by atoms with Crippen LogP contribution < -0.4 is 5.32 Å². The molecule has 19 heavy (non-hydrogen) atoms. The van der Waals surface area contributed by atoms with Gasteiger partial charge in [0.2, 0.25) is 0 Å². The Morgan fingerprint density at radius 2 is 1.74 bits per heavy atom. The molecule has 0 heterocycles. The van der Waals surface area contributed by atoms with Gasteiger partial charge in [-0.05, 0) is 51.4 Å². The predicted molar refractivity (Wildman–Crippen MR) is 84.6 cm³/mol. The number of benzene rings is 1. The molecule has 2 heteroatoms. The quantitative estimate of drug-likeness (QED) is 0.688. The Hall–Kier alpha value is -0.860. The molecule has 0 bridgehead atoms. The van der Waals surface area contributed by atoms with Gasteiger partial charge in [-0.25, -0.2) is 0 Å². The minimum Gasteiger partial charge on any atom is -0.312 e. The average molecular weight is 262 g/mol. The predicted octanol–water partition coefficient (Wildman–Crippen LogP) is 3.19. The third-order valence-corrected chi connectivity index (χ3v) is 3.51. The average Bonchev–Trinajstić information content (AvgIpc) is 2.37. The van der Waals surface area contributed by atoms with Crippen molar-refractivity contribution in [2.45, 2.75) is 39.2 Å². The molecule has 0 aliphatic carbocycles. The zero-order valence-electron chi connectivity index (χ0n) is 13.0. The van der Waals surface area contributed by atoms with Gasteiger partial charge >= 0.3 is 0 Å². The van der Waals surface area contributed by atoms with Crippen LogP contribution in [0.15, 0.2) is 30.3 Å². The van der Waals surface area contributed by atoms with Gasteiger partial charge < -0.3 is 10.2 Å². The molecule has 0 amide bonds. The lowest BCUT2D eigenvalue weighted by Crippen LogP contribution is -2.42. The minimum atomic E-state index is 0.603. The first-order valence-electron chi connectivity index (χ1n) is 7.51. The molecule has 0 aliphatic heterocycles. The van der Waals surface area contributed by atoms with E-state index in [4.69, 9.17) is 0 Å². The van der Waals surface area contributed by atoms with Gasteiger partial charge in [0.1, 0.15) is 0 Å². The van der Waals surface area contributed by atoms with E-state index in [9.17, 15) is 0 Å². The first kappa shape index (κ1) is 16.2. The molecule has 0 aliphatic rings. The summed E-state index contributed by atoms with van der Waals surface area (Å²) >= 11 is 0. The van der Waals surface area contributed by atoms with Crippen LogP contribution in [0.5, 0.6) is 0 Å². The van der Waals surface area contributed by atoms with Gasteiger partial charge in [0, 0.05) is 12.6 Å². The van der Waals surface area contributed by atoms with Crippen molar-refractivity contribution in [3.63, 3.8) is 0 Å². The molecule has 108 valence electrons. The molecule has 0 saturated carbocycles. The highest BCUT2D eigenvalue weighted by Crippen LogP contribution is 2.06. The van der Waals surface area contributed by atoms with Crippen molar-refractivity contribution < 1.29 is 0 Å². The molecule has 1 rings (SSSR count). The molecule has 2 nitrogen and oxygen atoms in total. The van der Waals surface area contributed by atoms with E-state index in [1.807, 2.05) is 0 Å². The highest BCUT2D eigenvalue weighted by Gasteiger charge is 2.12. The molecule has 1 unspecified atom stereocenters. The van der Waals surface area contributed by atoms with Gasteiger partial charge in [-0.15, -0.1) is 0 Å². The third-order valence-electron chi connectivity index (χ3n) is 3.51. The summed E-state index contributed by atoms with van der Waals surface area (Å²) in [5, 5.41) is 3.70. The van der Waals surface area contributed by atoms with E-state index in [0.29, 0.717) is 12.0 Å². The fourth-order valence-electron chi connectivity index (χ4n) is 2.29. The monoisotopic (exact) mass is 262 g/mol. The topological polar surface area (TPSA) is 15.3 Å². The van der Waals surface area contributed by atoms with Crippen LogP contribution in [0, 0.1) is 5.92 Å². The second-order valence-corrected chi connectivity index (χ2v) is 6.01. The number of hydrogen-bond donors (Lipinski definition) is 1. The van der Waals surface area contributed by atoms with Crippen molar-refractivity contribution in [3.8, 4) is 0 Å². The van der Waals surface area contributed by atoms with Crippen LogP contribution in [-0.2, 0) is 6.42 Å². The van der Waals surface area contributed by atoms with Crippen LogP contribution in [0.3, 0.4) is 0 Å². The highest BCUT2D eigenvalue weighted by atomic mass is 15.1. The van der Waals surface area contributed by atoms with Crippen LogP contribution >= 0.6 is 0 Å². The Balaban J connectivity index is 2.15. The van der Waals surface area contributed by atoms with E-state index < -0.39 is 0 Å². The fraction of sp³-hybridized carbons (Fsp3) is 0.647. The van der Waals surface area contributed by atoms with Crippen molar-refractivity contribution in [3.05, 3.63) is 35.9 Å². The Kier molecular flexibility index (Phi) is 7.76. The molecule has 0 aromatic heterocycles. The Morgan fingerprint density at radius 1 is 1.05 bits per heavy atom. The maximum Gasteiger partial charge on any atom is 0.0217 e. The Bertz CT molecular complexity index is 319. The Morgan fingerprint density at radius 3 is 2.32 bits per heavy atom. The van der Waals surface area contributed by atoms with Crippen molar-refractivity contribution in [1.29, 1.82) is 0 Å². The summed E-state index contributed by atoms with van der Waals surface area (Å²) < 4.78 is 0. The molecule has 1 aromatic rings. The van der Waals surface area contributed by atoms with Crippen LogP contribution in [-0.4, -0.2) is 38.1 Å². The number of likely N-dealkylation sites (N-methyl/N-ethyl adjacent to an activating group) is 1. The Labute approximate surface area is 119 Å². The molecule has 1 aromatic carbocycles. The van der Waals surface area contributed by atoms with Crippen LogP contribution in [0.4, 0.5) is 0 Å². The molecule has 0 spiro atoms. The standard InChI is InChI=1S/C17H30N2/c1-15(2)17(14-19(3)4)18-13-9-8-12-16-10-6-5-7-11-16/h5-7,10-11,15,17-18H,8-9,12-14H2,1-4H3.